The van der Waals surface area contributed by atoms with Crippen LogP contribution in [0.25, 0.3) is 22.4 Å². The molecule has 0 unspecified atom stereocenters. The number of ether oxygens (including phenoxy) is 1. The molecule has 11 nitrogen and oxygen atoms in total. The zero-order chi connectivity index (χ0) is 31.5. The van der Waals surface area contributed by atoms with Crippen molar-refractivity contribution < 1.29 is 28.6 Å². The summed E-state index contributed by atoms with van der Waals surface area (Å²) in [5, 5.41) is 12.3. The number of benzene rings is 2. The van der Waals surface area contributed by atoms with Crippen molar-refractivity contribution in [2.24, 2.45) is 5.92 Å². The van der Waals surface area contributed by atoms with Crippen molar-refractivity contribution in [2.45, 2.75) is 51.8 Å². The predicted molar refractivity (Wildman–Crippen MR) is 163 cm³/mol. The maximum absolute atomic E-state index is 15.2. The van der Waals surface area contributed by atoms with E-state index in [1.54, 1.807) is 17.2 Å². The molecule has 2 saturated heterocycles. The number of hydrogen-bond acceptors (Lipinski definition) is 6. The number of anilines is 1. The van der Waals surface area contributed by atoms with Crippen LogP contribution in [-0.4, -0.2) is 88.3 Å². The minimum absolute atomic E-state index is 0.114. The Bertz CT molecular complexity index is 1510. The van der Waals surface area contributed by atoms with E-state index in [0.717, 1.165) is 34.6 Å². The fourth-order valence-corrected chi connectivity index (χ4v) is 6.03. The summed E-state index contributed by atoms with van der Waals surface area (Å²) in [6.45, 7) is 6.99. The van der Waals surface area contributed by atoms with Gasteiger partial charge in [0.25, 0.3) is 0 Å². The number of hydrogen-bond donors (Lipinski definition) is 3. The lowest BCUT2D eigenvalue weighted by molar-refractivity contribution is -0.138. The molecule has 0 saturated carbocycles. The molecule has 1 aromatic heterocycles. The number of rotatable bonds is 9. The zero-order valence-electron chi connectivity index (χ0n) is 25.4. The number of carboxylic acid groups (broad SMARTS) is 1. The highest BCUT2D eigenvalue weighted by atomic mass is 19.1. The van der Waals surface area contributed by atoms with Crippen LogP contribution in [0.5, 0.6) is 0 Å². The van der Waals surface area contributed by atoms with Crippen LogP contribution in [-0.2, 0) is 14.3 Å². The minimum Gasteiger partial charge on any atom is -0.465 e. The van der Waals surface area contributed by atoms with Crippen LogP contribution in [0.15, 0.2) is 48.7 Å². The van der Waals surface area contributed by atoms with Gasteiger partial charge in [-0.3, -0.25) is 14.5 Å². The Hall–Kier alpha value is -4.45. The SMILES string of the molecule is CC(=O)NC[C@@H]1CN(c2ccc(-c3ccc(-c4cnc([C@@H]5CCCN5C(=O)[C@H](C(C)C)N(C)C(=O)O)[nH]4)cc3)c(F)c2)CO1. The fraction of sp³-hybridized carbons (Fsp3) is 0.438. The molecule has 0 aliphatic carbocycles. The Morgan fingerprint density at radius 3 is 2.57 bits per heavy atom. The summed E-state index contributed by atoms with van der Waals surface area (Å²) in [6.07, 6.45) is 1.97. The Balaban J connectivity index is 1.27. The highest BCUT2D eigenvalue weighted by Gasteiger charge is 2.39. The number of amides is 3. The van der Waals surface area contributed by atoms with Gasteiger partial charge in [-0.05, 0) is 48.1 Å². The molecule has 0 bridgehead atoms. The summed E-state index contributed by atoms with van der Waals surface area (Å²) in [5.74, 6) is -0.202. The van der Waals surface area contributed by atoms with Gasteiger partial charge in [-0.25, -0.2) is 14.2 Å². The van der Waals surface area contributed by atoms with Crippen LogP contribution < -0.4 is 10.2 Å². The van der Waals surface area contributed by atoms with Crippen molar-refractivity contribution in [2.75, 3.05) is 38.3 Å². The topological polar surface area (TPSA) is 131 Å². The number of likely N-dealkylation sites (tertiary alicyclic amines) is 1. The molecular weight excluding hydrogens is 567 g/mol. The van der Waals surface area contributed by atoms with Gasteiger partial charge in [0.2, 0.25) is 11.8 Å². The standard InChI is InChI=1S/C32H39FN6O5/c1-19(2)29(37(4)32(42)43)31(41)39-13-5-6-28(39)30-35-16-27(36-30)22-9-7-21(8-10-22)25-12-11-23(14-26(25)33)38-17-24(44-18-38)15-34-20(3)40/h7-12,14,16,19,24,28-29H,5-6,13,15,17-18H2,1-4H3,(H,34,40)(H,35,36)(H,42,43)/t24-,28+,29+/m1/s1. The van der Waals surface area contributed by atoms with E-state index >= 15 is 4.39 Å². The monoisotopic (exact) mass is 606 g/mol. The van der Waals surface area contributed by atoms with Crippen LogP contribution in [0.2, 0.25) is 0 Å². The van der Waals surface area contributed by atoms with E-state index in [2.05, 4.69) is 15.3 Å². The third-order valence-electron chi connectivity index (χ3n) is 8.34. The minimum atomic E-state index is -1.14. The van der Waals surface area contributed by atoms with Gasteiger partial charge < -0.3 is 29.9 Å². The van der Waals surface area contributed by atoms with E-state index in [1.165, 1.54) is 20.0 Å². The quantitative estimate of drug-likeness (QED) is 0.327. The maximum atomic E-state index is 15.2. The second kappa shape index (κ2) is 13.0. The lowest BCUT2D eigenvalue weighted by Gasteiger charge is -2.33. The maximum Gasteiger partial charge on any atom is 0.407 e. The number of carbonyl (C=O) groups excluding carboxylic acids is 2. The first-order valence-electron chi connectivity index (χ1n) is 14.9. The van der Waals surface area contributed by atoms with Crippen molar-refractivity contribution in [1.82, 2.24) is 25.1 Å². The second-order valence-electron chi connectivity index (χ2n) is 11.8. The van der Waals surface area contributed by atoms with E-state index < -0.39 is 12.1 Å². The lowest BCUT2D eigenvalue weighted by Crippen LogP contribution is -2.51. The molecule has 5 rings (SSSR count). The molecular formula is C32H39FN6O5. The number of carbonyl (C=O) groups is 3. The molecule has 2 aliphatic heterocycles. The number of H-pyrrole nitrogens is 1. The zero-order valence-corrected chi connectivity index (χ0v) is 25.4. The fourth-order valence-electron chi connectivity index (χ4n) is 6.03. The molecule has 3 N–H and O–H groups in total. The van der Waals surface area contributed by atoms with Crippen LogP contribution in [0.4, 0.5) is 14.9 Å². The largest absolute Gasteiger partial charge is 0.465 e. The van der Waals surface area contributed by atoms with Gasteiger partial charge in [0.1, 0.15) is 24.4 Å². The first kappa shape index (κ1) is 31.0. The van der Waals surface area contributed by atoms with E-state index in [-0.39, 0.29) is 35.7 Å². The van der Waals surface area contributed by atoms with Gasteiger partial charge in [-0.1, -0.05) is 38.1 Å². The van der Waals surface area contributed by atoms with Crippen LogP contribution >= 0.6 is 0 Å². The molecule has 3 heterocycles. The molecule has 0 radical (unpaired) electrons. The lowest BCUT2D eigenvalue weighted by atomic mass is 10.0. The van der Waals surface area contributed by atoms with E-state index in [4.69, 9.17) is 4.74 Å². The van der Waals surface area contributed by atoms with Crippen LogP contribution in [0.3, 0.4) is 0 Å². The van der Waals surface area contributed by atoms with Gasteiger partial charge in [0.05, 0.1) is 24.0 Å². The Morgan fingerprint density at radius 2 is 1.91 bits per heavy atom. The molecule has 12 heteroatoms. The molecule has 3 amide bonds. The number of nitrogens with zero attached hydrogens (tertiary/aromatic N) is 4. The Labute approximate surface area is 256 Å². The normalized spacial score (nSPS) is 19.0. The summed E-state index contributed by atoms with van der Waals surface area (Å²) in [4.78, 5) is 49.0. The van der Waals surface area contributed by atoms with Crippen molar-refractivity contribution in [3.8, 4) is 22.4 Å². The molecule has 3 atom stereocenters. The number of nitrogens with one attached hydrogen (secondary N) is 2. The van der Waals surface area contributed by atoms with Gasteiger partial charge >= 0.3 is 6.09 Å². The van der Waals surface area contributed by atoms with E-state index in [0.29, 0.717) is 43.4 Å². The molecule has 2 aliphatic rings. The molecule has 2 fully saturated rings. The number of aromatic nitrogens is 2. The molecule has 234 valence electrons. The van der Waals surface area contributed by atoms with E-state index in [9.17, 15) is 19.5 Å². The summed E-state index contributed by atoms with van der Waals surface area (Å²) in [5.41, 5.74) is 3.56. The first-order valence-corrected chi connectivity index (χ1v) is 14.9. The second-order valence-corrected chi connectivity index (χ2v) is 11.8. The average Bonchev–Trinajstić information content (AvgIpc) is 3.77. The van der Waals surface area contributed by atoms with Gasteiger partial charge in [0.15, 0.2) is 0 Å². The summed E-state index contributed by atoms with van der Waals surface area (Å²) in [7, 11) is 1.43. The van der Waals surface area contributed by atoms with Crippen molar-refractivity contribution >= 4 is 23.6 Å². The van der Waals surface area contributed by atoms with Gasteiger partial charge in [0, 0.05) is 44.9 Å². The first-order chi connectivity index (χ1) is 21.0. The van der Waals surface area contributed by atoms with Crippen LogP contribution in [0.1, 0.15) is 45.5 Å². The predicted octanol–water partition coefficient (Wildman–Crippen LogP) is 4.48. The van der Waals surface area contributed by atoms with Gasteiger partial charge in [-0.15, -0.1) is 0 Å². The highest BCUT2D eigenvalue weighted by Crippen LogP contribution is 2.34. The van der Waals surface area contributed by atoms with Crippen molar-refractivity contribution in [3.63, 3.8) is 0 Å². The highest BCUT2D eigenvalue weighted by molar-refractivity contribution is 5.86. The van der Waals surface area contributed by atoms with Crippen molar-refractivity contribution in [3.05, 3.63) is 60.3 Å². The number of likely N-dealkylation sites (N-methyl/N-ethyl adjacent to an activating group) is 1. The van der Waals surface area contributed by atoms with Gasteiger partial charge in [-0.2, -0.15) is 0 Å². The summed E-state index contributed by atoms with van der Waals surface area (Å²) in [6, 6.07) is 11.6. The third-order valence-corrected chi connectivity index (χ3v) is 8.34. The molecule has 2 aromatic carbocycles. The Kier molecular flexibility index (Phi) is 9.19. The third kappa shape index (κ3) is 6.54. The number of halogens is 1. The number of aromatic amines is 1. The molecule has 44 heavy (non-hydrogen) atoms. The summed E-state index contributed by atoms with van der Waals surface area (Å²) < 4.78 is 20.9. The summed E-state index contributed by atoms with van der Waals surface area (Å²) >= 11 is 0. The van der Waals surface area contributed by atoms with E-state index in [1.807, 2.05) is 49.1 Å². The van der Waals surface area contributed by atoms with Crippen molar-refractivity contribution in [1.29, 1.82) is 0 Å². The smallest absolute Gasteiger partial charge is 0.407 e. The Morgan fingerprint density at radius 1 is 1.18 bits per heavy atom. The molecule has 3 aromatic rings. The average molecular weight is 607 g/mol. The molecule has 0 spiro atoms. The van der Waals surface area contributed by atoms with Crippen LogP contribution in [0, 0.1) is 11.7 Å². The number of imidazole rings is 1.